The zero-order valence-corrected chi connectivity index (χ0v) is 21.3. The maximum absolute atomic E-state index is 13.1. The molecule has 4 rings (SSSR count). The number of hydrogen-bond acceptors (Lipinski definition) is 7. The number of carbonyl (C=O) groups excluding carboxylic acids is 3. The zero-order chi connectivity index (χ0) is 25.3. The predicted octanol–water partition coefficient (Wildman–Crippen LogP) is 2.36. The number of urea groups is 1. The van der Waals surface area contributed by atoms with E-state index in [9.17, 15) is 22.8 Å². The highest BCUT2D eigenvalue weighted by Crippen LogP contribution is 2.37. The maximum atomic E-state index is 13.1. The van der Waals surface area contributed by atoms with E-state index >= 15 is 0 Å². The Bertz CT molecular complexity index is 1260. The highest BCUT2D eigenvalue weighted by atomic mass is 32.2. The Morgan fingerprint density at radius 1 is 1.09 bits per heavy atom. The van der Waals surface area contributed by atoms with E-state index in [0.29, 0.717) is 24.5 Å². The molecular weight excluding hydrogens is 490 g/mol. The van der Waals surface area contributed by atoms with Crippen LogP contribution in [0.4, 0.5) is 9.80 Å². The lowest BCUT2D eigenvalue weighted by Crippen LogP contribution is -2.41. The van der Waals surface area contributed by atoms with Gasteiger partial charge in [-0.15, -0.1) is 11.3 Å². The van der Waals surface area contributed by atoms with E-state index < -0.39 is 27.9 Å². The molecule has 3 heterocycles. The molecule has 188 valence electrons. The standard InChI is InChI=1S/C23H29N5O5S2/c1-14-5-3-4-11-28(14)35(32,33)16-8-6-15(7-9-16)20(29)25-22-19(21(30)26-23(24)31)17-10-12-27(2)13-18(17)34-22/h6-9,14H,3-5,10-13H2,1-2H3,(H,25,29)(H3,24,26,30,31). The van der Waals surface area contributed by atoms with Crippen molar-refractivity contribution < 1.29 is 22.8 Å². The Morgan fingerprint density at radius 2 is 1.80 bits per heavy atom. The number of hydrogen-bond donors (Lipinski definition) is 3. The lowest BCUT2D eigenvalue weighted by Gasteiger charge is -2.32. The van der Waals surface area contributed by atoms with Gasteiger partial charge in [0, 0.05) is 36.1 Å². The predicted molar refractivity (Wildman–Crippen MR) is 133 cm³/mol. The number of nitrogens with one attached hydrogen (secondary N) is 2. The second-order valence-electron chi connectivity index (χ2n) is 8.95. The molecule has 0 spiro atoms. The first-order chi connectivity index (χ1) is 16.6. The Kier molecular flexibility index (Phi) is 7.27. The van der Waals surface area contributed by atoms with Gasteiger partial charge in [0.2, 0.25) is 10.0 Å². The van der Waals surface area contributed by atoms with Gasteiger partial charge in [-0.25, -0.2) is 13.2 Å². The summed E-state index contributed by atoms with van der Waals surface area (Å²) in [5, 5.41) is 5.19. The molecule has 1 aromatic heterocycles. The summed E-state index contributed by atoms with van der Waals surface area (Å²) in [5.74, 6) is -1.15. The number of sulfonamides is 1. The number of likely N-dealkylation sites (N-methyl/N-ethyl adjacent to an activating group) is 1. The summed E-state index contributed by atoms with van der Waals surface area (Å²) in [6.45, 7) is 3.75. The van der Waals surface area contributed by atoms with Gasteiger partial charge in [-0.05, 0) is 63.1 Å². The van der Waals surface area contributed by atoms with Crippen molar-refractivity contribution in [2.24, 2.45) is 5.73 Å². The molecular formula is C23H29N5O5S2. The molecule has 1 unspecified atom stereocenters. The summed E-state index contributed by atoms with van der Waals surface area (Å²) >= 11 is 1.28. The molecule has 12 heteroatoms. The molecule has 2 aromatic rings. The molecule has 1 saturated heterocycles. The van der Waals surface area contributed by atoms with Crippen LogP contribution in [0.25, 0.3) is 0 Å². The third-order valence-electron chi connectivity index (χ3n) is 6.40. The van der Waals surface area contributed by atoms with Crippen LogP contribution in [0.5, 0.6) is 0 Å². The summed E-state index contributed by atoms with van der Waals surface area (Å²) in [6, 6.07) is 4.75. The van der Waals surface area contributed by atoms with E-state index in [1.165, 1.54) is 39.9 Å². The van der Waals surface area contributed by atoms with Gasteiger partial charge in [-0.3, -0.25) is 14.9 Å². The molecule has 0 bridgehead atoms. The maximum Gasteiger partial charge on any atom is 0.319 e. The minimum Gasteiger partial charge on any atom is -0.351 e. The smallest absolute Gasteiger partial charge is 0.319 e. The van der Waals surface area contributed by atoms with Gasteiger partial charge in [-0.2, -0.15) is 4.31 Å². The Hall–Kier alpha value is -2.80. The first-order valence-electron chi connectivity index (χ1n) is 11.4. The van der Waals surface area contributed by atoms with E-state index in [1.807, 2.05) is 14.0 Å². The summed E-state index contributed by atoms with van der Waals surface area (Å²) in [7, 11) is -1.68. The van der Waals surface area contributed by atoms with Crippen LogP contribution in [0.3, 0.4) is 0 Å². The van der Waals surface area contributed by atoms with Crippen LogP contribution in [0.2, 0.25) is 0 Å². The van der Waals surface area contributed by atoms with Crippen molar-refractivity contribution in [2.75, 3.05) is 25.5 Å². The van der Waals surface area contributed by atoms with Crippen molar-refractivity contribution in [1.29, 1.82) is 0 Å². The van der Waals surface area contributed by atoms with Crippen molar-refractivity contribution in [2.45, 2.75) is 50.1 Å². The number of primary amides is 1. The average Bonchev–Trinajstić information content (AvgIpc) is 3.15. The van der Waals surface area contributed by atoms with E-state index in [0.717, 1.165) is 36.2 Å². The van der Waals surface area contributed by atoms with Gasteiger partial charge >= 0.3 is 6.03 Å². The monoisotopic (exact) mass is 519 g/mol. The molecule has 35 heavy (non-hydrogen) atoms. The number of amides is 4. The molecule has 1 atom stereocenters. The van der Waals surface area contributed by atoms with Crippen molar-refractivity contribution in [3.63, 3.8) is 0 Å². The minimum absolute atomic E-state index is 0.0643. The van der Waals surface area contributed by atoms with E-state index in [2.05, 4.69) is 15.5 Å². The summed E-state index contributed by atoms with van der Waals surface area (Å²) in [4.78, 5) is 40.1. The van der Waals surface area contributed by atoms with Crippen LogP contribution in [0, 0.1) is 0 Å². The average molecular weight is 520 g/mol. The molecule has 2 aliphatic heterocycles. The normalized spacial score (nSPS) is 19.1. The molecule has 1 fully saturated rings. The molecule has 10 nitrogen and oxygen atoms in total. The van der Waals surface area contributed by atoms with Crippen molar-refractivity contribution in [3.05, 3.63) is 45.8 Å². The highest BCUT2D eigenvalue weighted by Gasteiger charge is 2.31. The number of nitrogens with two attached hydrogens (primary N) is 1. The lowest BCUT2D eigenvalue weighted by molar-refractivity contribution is 0.0966. The SMILES string of the molecule is CC1CCCCN1S(=O)(=O)c1ccc(C(=O)Nc2sc3c(c2C(=O)NC(N)=O)CCN(C)C3)cc1. The van der Waals surface area contributed by atoms with Gasteiger partial charge in [0.05, 0.1) is 10.5 Å². The second-order valence-corrected chi connectivity index (χ2v) is 11.9. The summed E-state index contributed by atoms with van der Waals surface area (Å²) in [6.07, 6.45) is 3.26. The fraction of sp³-hybridized carbons (Fsp3) is 0.435. The van der Waals surface area contributed by atoms with Crippen molar-refractivity contribution >= 4 is 44.2 Å². The van der Waals surface area contributed by atoms with Gasteiger partial charge in [-0.1, -0.05) is 6.42 Å². The largest absolute Gasteiger partial charge is 0.351 e. The van der Waals surface area contributed by atoms with E-state index in [4.69, 9.17) is 5.73 Å². The van der Waals surface area contributed by atoms with Crippen LogP contribution < -0.4 is 16.4 Å². The van der Waals surface area contributed by atoms with Crippen LogP contribution in [0.1, 0.15) is 57.3 Å². The van der Waals surface area contributed by atoms with Gasteiger partial charge in [0.1, 0.15) is 5.00 Å². The van der Waals surface area contributed by atoms with E-state index in [-0.39, 0.29) is 22.1 Å². The number of thiophene rings is 1. The number of rotatable bonds is 5. The van der Waals surface area contributed by atoms with Crippen LogP contribution in [-0.4, -0.2) is 61.6 Å². The third-order valence-corrected chi connectivity index (χ3v) is 9.56. The Balaban J connectivity index is 1.57. The fourth-order valence-corrected chi connectivity index (χ4v) is 7.57. The Labute approximate surface area is 208 Å². The van der Waals surface area contributed by atoms with Crippen LogP contribution >= 0.6 is 11.3 Å². The molecule has 1 aromatic carbocycles. The molecule has 4 N–H and O–H groups in total. The molecule has 0 saturated carbocycles. The summed E-state index contributed by atoms with van der Waals surface area (Å²) < 4.78 is 27.6. The number of imide groups is 1. The van der Waals surface area contributed by atoms with Crippen molar-refractivity contribution in [3.8, 4) is 0 Å². The highest BCUT2D eigenvalue weighted by molar-refractivity contribution is 7.89. The number of piperidine rings is 1. The zero-order valence-electron chi connectivity index (χ0n) is 19.7. The van der Waals surface area contributed by atoms with Crippen molar-refractivity contribution in [1.82, 2.24) is 14.5 Å². The topological polar surface area (TPSA) is 142 Å². The molecule has 2 aliphatic rings. The Morgan fingerprint density at radius 3 is 2.46 bits per heavy atom. The minimum atomic E-state index is -3.65. The van der Waals surface area contributed by atoms with Gasteiger partial charge < -0.3 is 16.0 Å². The number of anilines is 1. The lowest BCUT2D eigenvalue weighted by atomic mass is 10.0. The van der Waals surface area contributed by atoms with Gasteiger partial charge in [0.15, 0.2) is 0 Å². The van der Waals surface area contributed by atoms with E-state index in [1.54, 1.807) is 0 Å². The summed E-state index contributed by atoms with van der Waals surface area (Å²) in [5.41, 5.74) is 6.42. The molecule has 4 amide bonds. The number of nitrogens with zero attached hydrogens (tertiary/aromatic N) is 2. The number of benzene rings is 1. The quantitative estimate of drug-likeness (QED) is 0.554. The molecule has 0 radical (unpaired) electrons. The fourth-order valence-electron chi connectivity index (χ4n) is 4.55. The number of fused-ring (bicyclic) bond motifs is 1. The van der Waals surface area contributed by atoms with Crippen LogP contribution in [0.15, 0.2) is 29.2 Å². The first kappa shape index (κ1) is 25.3. The second kappa shape index (κ2) is 10.1. The first-order valence-corrected chi connectivity index (χ1v) is 13.7. The van der Waals surface area contributed by atoms with Crippen LogP contribution in [-0.2, 0) is 23.0 Å². The molecule has 0 aliphatic carbocycles. The number of carbonyl (C=O) groups is 3. The van der Waals surface area contributed by atoms with Gasteiger partial charge in [0.25, 0.3) is 11.8 Å². The third kappa shape index (κ3) is 5.25.